The van der Waals surface area contributed by atoms with E-state index < -0.39 is 11.1 Å². The SMILES string of the molecule is O=c1c2cnccc2c2nc3oc4ccccc4c3cc2c(=O)n1-c1ccccc1. The number of rotatable bonds is 1. The highest BCUT2D eigenvalue weighted by Crippen LogP contribution is 2.30. The summed E-state index contributed by atoms with van der Waals surface area (Å²) in [5.41, 5.74) is 1.15. The molecule has 6 rings (SSSR count). The van der Waals surface area contributed by atoms with Crippen LogP contribution in [-0.4, -0.2) is 14.5 Å². The first-order valence-electron chi connectivity index (χ1n) is 9.43. The standard InChI is InChI=1S/C24H13N3O3/c28-23-18-12-17-15-8-4-5-9-20(15)30-22(17)26-21(18)16-10-11-25-13-19(16)24(29)27(23)14-6-2-1-3-7-14/h1-13H. The van der Waals surface area contributed by atoms with Gasteiger partial charge in [0.15, 0.2) is 0 Å². The Morgan fingerprint density at radius 2 is 1.50 bits per heavy atom. The third kappa shape index (κ3) is 2.24. The van der Waals surface area contributed by atoms with Crippen LogP contribution in [0.4, 0.5) is 0 Å². The van der Waals surface area contributed by atoms with Crippen molar-refractivity contribution < 1.29 is 4.42 Å². The highest BCUT2D eigenvalue weighted by Gasteiger charge is 2.17. The monoisotopic (exact) mass is 391 g/mol. The Bertz CT molecular complexity index is 1730. The zero-order valence-electron chi connectivity index (χ0n) is 15.6. The molecule has 0 aliphatic carbocycles. The van der Waals surface area contributed by atoms with Crippen LogP contribution in [-0.2, 0) is 0 Å². The molecule has 30 heavy (non-hydrogen) atoms. The van der Waals surface area contributed by atoms with Crippen molar-refractivity contribution in [3.63, 3.8) is 0 Å². The van der Waals surface area contributed by atoms with Crippen molar-refractivity contribution in [1.29, 1.82) is 0 Å². The Kier molecular flexibility index (Phi) is 3.37. The molecule has 2 aromatic carbocycles. The molecule has 0 spiro atoms. The van der Waals surface area contributed by atoms with E-state index in [9.17, 15) is 9.59 Å². The van der Waals surface area contributed by atoms with Crippen molar-refractivity contribution in [2.75, 3.05) is 0 Å². The molecule has 0 atom stereocenters. The van der Waals surface area contributed by atoms with E-state index in [4.69, 9.17) is 4.42 Å². The van der Waals surface area contributed by atoms with Gasteiger partial charge >= 0.3 is 0 Å². The maximum atomic E-state index is 13.6. The summed E-state index contributed by atoms with van der Waals surface area (Å²) in [5.74, 6) is 0. The quantitative estimate of drug-likeness (QED) is 0.420. The Balaban J connectivity index is 1.93. The van der Waals surface area contributed by atoms with Crippen LogP contribution in [0.5, 0.6) is 0 Å². The number of aromatic nitrogens is 3. The second-order valence-electron chi connectivity index (χ2n) is 7.04. The number of pyridine rings is 2. The molecule has 4 heterocycles. The molecule has 142 valence electrons. The summed E-state index contributed by atoms with van der Waals surface area (Å²) >= 11 is 0. The number of furan rings is 1. The predicted molar refractivity (Wildman–Crippen MR) is 116 cm³/mol. The third-order valence-corrected chi connectivity index (χ3v) is 5.33. The molecule has 0 saturated heterocycles. The summed E-state index contributed by atoms with van der Waals surface area (Å²) < 4.78 is 7.09. The van der Waals surface area contributed by atoms with Crippen LogP contribution in [0.2, 0.25) is 0 Å². The fraction of sp³-hybridized carbons (Fsp3) is 0. The van der Waals surface area contributed by atoms with Gasteiger partial charge in [-0.05, 0) is 30.3 Å². The Hall–Kier alpha value is -4.32. The van der Waals surface area contributed by atoms with Gasteiger partial charge in [0.05, 0.1) is 22.0 Å². The summed E-state index contributed by atoms with van der Waals surface area (Å²) in [4.78, 5) is 35.8. The van der Waals surface area contributed by atoms with Gasteiger partial charge in [0.1, 0.15) is 5.58 Å². The van der Waals surface area contributed by atoms with Gasteiger partial charge in [-0.15, -0.1) is 0 Å². The molecule has 0 fully saturated rings. The van der Waals surface area contributed by atoms with Crippen LogP contribution in [0, 0.1) is 0 Å². The summed E-state index contributed by atoms with van der Waals surface area (Å²) in [6, 6.07) is 19.9. The lowest BCUT2D eigenvalue weighted by Crippen LogP contribution is -2.28. The summed E-state index contributed by atoms with van der Waals surface area (Å²) in [7, 11) is 0. The average Bonchev–Trinajstić information content (AvgIpc) is 3.12. The van der Waals surface area contributed by atoms with Crippen LogP contribution in [0.15, 0.2) is 93.1 Å². The molecular formula is C24H13N3O3. The minimum Gasteiger partial charge on any atom is -0.438 e. The average molecular weight is 391 g/mol. The highest BCUT2D eigenvalue weighted by atomic mass is 16.3. The van der Waals surface area contributed by atoms with Crippen molar-refractivity contribution in [1.82, 2.24) is 14.5 Å². The first kappa shape index (κ1) is 16.6. The van der Waals surface area contributed by atoms with Crippen LogP contribution in [0.3, 0.4) is 0 Å². The molecule has 0 aliphatic rings. The molecule has 0 amide bonds. The predicted octanol–water partition coefficient (Wildman–Crippen LogP) is 4.19. The van der Waals surface area contributed by atoms with E-state index >= 15 is 0 Å². The van der Waals surface area contributed by atoms with Crippen LogP contribution in [0.25, 0.3) is 49.4 Å². The van der Waals surface area contributed by atoms with Crippen LogP contribution < -0.4 is 11.1 Å². The third-order valence-electron chi connectivity index (χ3n) is 5.33. The second-order valence-corrected chi connectivity index (χ2v) is 7.04. The molecule has 0 bridgehead atoms. The molecule has 4 aromatic heterocycles. The van der Waals surface area contributed by atoms with E-state index in [0.29, 0.717) is 38.7 Å². The number of nitrogens with zero attached hydrogens (tertiary/aromatic N) is 3. The lowest BCUT2D eigenvalue weighted by Gasteiger charge is -2.01. The van der Waals surface area contributed by atoms with Gasteiger partial charge in [-0.1, -0.05) is 36.4 Å². The number of fused-ring (bicyclic) bond motifs is 6. The minimum absolute atomic E-state index is 0.316. The molecule has 0 aliphatic heterocycles. The number of benzene rings is 2. The van der Waals surface area contributed by atoms with Crippen molar-refractivity contribution in [3.05, 3.63) is 99.8 Å². The van der Waals surface area contributed by atoms with E-state index in [2.05, 4.69) is 9.97 Å². The number of hydrogen-bond acceptors (Lipinski definition) is 5. The van der Waals surface area contributed by atoms with Crippen molar-refractivity contribution in [2.24, 2.45) is 0 Å². The molecule has 6 heteroatoms. The maximum Gasteiger partial charge on any atom is 0.267 e. The van der Waals surface area contributed by atoms with Gasteiger partial charge in [-0.25, -0.2) is 9.55 Å². The summed E-state index contributed by atoms with van der Waals surface area (Å²) in [6.07, 6.45) is 3.06. The van der Waals surface area contributed by atoms with E-state index in [1.807, 2.05) is 30.3 Å². The van der Waals surface area contributed by atoms with E-state index in [-0.39, 0.29) is 0 Å². The van der Waals surface area contributed by atoms with Gasteiger partial charge in [0.2, 0.25) is 5.71 Å². The van der Waals surface area contributed by atoms with Crippen LogP contribution >= 0.6 is 0 Å². The number of para-hydroxylation sites is 2. The lowest BCUT2D eigenvalue weighted by molar-refractivity contribution is 0.656. The lowest BCUT2D eigenvalue weighted by atomic mass is 10.1. The largest absolute Gasteiger partial charge is 0.438 e. The summed E-state index contributed by atoms with van der Waals surface area (Å²) in [5, 5.41) is 2.81. The van der Waals surface area contributed by atoms with Gasteiger partial charge in [-0.3, -0.25) is 14.6 Å². The first-order chi connectivity index (χ1) is 14.7. The van der Waals surface area contributed by atoms with Crippen molar-refractivity contribution in [3.8, 4) is 5.69 Å². The zero-order chi connectivity index (χ0) is 20.2. The molecule has 0 unspecified atom stereocenters. The van der Waals surface area contributed by atoms with E-state index in [1.165, 1.54) is 10.8 Å². The normalized spacial score (nSPS) is 11.6. The highest BCUT2D eigenvalue weighted by molar-refractivity contribution is 6.11. The van der Waals surface area contributed by atoms with Gasteiger partial charge in [0.25, 0.3) is 11.1 Å². The fourth-order valence-corrected chi connectivity index (χ4v) is 3.93. The topological polar surface area (TPSA) is 78.0 Å². The fourth-order valence-electron chi connectivity index (χ4n) is 3.93. The molecule has 0 N–H and O–H groups in total. The van der Waals surface area contributed by atoms with Crippen LogP contribution in [0.1, 0.15) is 0 Å². The molecule has 0 saturated carbocycles. The molecular weight excluding hydrogens is 378 g/mol. The molecule has 0 radical (unpaired) electrons. The zero-order valence-corrected chi connectivity index (χ0v) is 15.6. The Morgan fingerprint density at radius 3 is 2.37 bits per heavy atom. The minimum atomic E-state index is -0.436. The molecule has 6 nitrogen and oxygen atoms in total. The smallest absolute Gasteiger partial charge is 0.267 e. The van der Waals surface area contributed by atoms with Gasteiger partial charge < -0.3 is 4.42 Å². The Labute approximate surface area is 168 Å². The van der Waals surface area contributed by atoms with E-state index in [1.54, 1.807) is 42.6 Å². The van der Waals surface area contributed by atoms with Gasteiger partial charge in [-0.2, -0.15) is 0 Å². The summed E-state index contributed by atoms with van der Waals surface area (Å²) in [6.45, 7) is 0. The second kappa shape index (κ2) is 6.09. The van der Waals surface area contributed by atoms with E-state index in [0.717, 1.165) is 10.8 Å². The number of hydrogen-bond donors (Lipinski definition) is 0. The van der Waals surface area contributed by atoms with Crippen molar-refractivity contribution in [2.45, 2.75) is 0 Å². The maximum absolute atomic E-state index is 13.6. The Morgan fingerprint density at radius 1 is 0.733 bits per heavy atom. The van der Waals surface area contributed by atoms with Gasteiger partial charge in [0, 0.05) is 28.6 Å². The first-order valence-corrected chi connectivity index (χ1v) is 9.43. The van der Waals surface area contributed by atoms with Crippen molar-refractivity contribution >= 4 is 43.7 Å². The molecule has 6 aromatic rings.